The summed E-state index contributed by atoms with van der Waals surface area (Å²) in [5.41, 5.74) is 2.68. The van der Waals surface area contributed by atoms with Gasteiger partial charge in [0.15, 0.2) is 0 Å². The molecule has 0 heterocycles. The summed E-state index contributed by atoms with van der Waals surface area (Å²) in [6.45, 7) is 0.302. The van der Waals surface area contributed by atoms with Crippen LogP contribution in [0.4, 0.5) is 0 Å². The molecule has 0 aliphatic heterocycles. The maximum absolute atomic E-state index is 9.11. The first kappa shape index (κ1) is 9.53. The van der Waals surface area contributed by atoms with E-state index in [1.807, 2.05) is 12.1 Å². The Bertz CT molecular complexity index is 320. The Balaban J connectivity index is 2.30. The molecule has 0 aromatic heterocycles. The van der Waals surface area contributed by atoms with Gasteiger partial charge >= 0.3 is 0 Å². The molecule has 1 aliphatic rings. The standard InChI is InChI=1S/C12H16O2/c1-14-12-4-2-3-10-7-9(8-13)5-6-11(10)12/h2-4,9,13H,5-8H2,1H3/t9-/m0/s1. The average Bonchev–Trinajstić information content (AvgIpc) is 2.27. The molecular formula is C12H16O2. The van der Waals surface area contributed by atoms with Crippen molar-refractivity contribution in [3.05, 3.63) is 29.3 Å². The first-order valence-electron chi connectivity index (χ1n) is 5.10. The highest BCUT2D eigenvalue weighted by atomic mass is 16.5. The van der Waals surface area contributed by atoms with Crippen molar-refractivity contribution in [1.29, 1.82) is 0 Å². The van der Waals surface area contributed by atoms with E-state index in [9.17, 15) is 0 Å². The fourth-order valence-electron chi connectivity index (χ4n) is 2.19. The van der Waals surface area contributed by atoms with E-state index in [1.54, 1.807) is 7.11 Å². The van der Waals surface area contributed by atoms with Gasteiger partial charge < -0.3 is 9.84 Å². The SMILES string of the molecule is COc1cccc2c1CC[C@H](CO)C2. The number of aliphatic hydroxyl groups is 1. The van der Waals surface area contributed by atoms with Crippen LogP contribution in [0.5, 0.6) is 5.75 Å². The van der Waals surface area contributed by atoms with Crippen LogP contribution in [0.15, 0.2) is 18.2 Å². The molecule has 1 atom stereocenters. The maximum Gasteiger partial charge on any atom is 0.122 e. The molecule has 1 aliphatic carbocycles. The van der Waals surface area contributed by atoms with Crippen molar-refractivity contribution in [1.82, 2.24) is 0 Å². The Morgan fingerprint density at radius 3 is 3.07 bits per heavy atom. The van der Waals surface area contributed by atoms with E-state index in [4.69, 9.17) is 9.84 Å². The lowest BCUT2D eigenvalue weighted by molar-refractivity contribution is 0.212. The van der Waals surface area contributed by atoms with Gasteiger partial charge in [0.2, 0.25) is 0 Å². The van der Waals surface area contributed by atoms with E-state index >= 15 is 0 Å². The van der Waals surface area contributed by atoms with Gasteiger partial charge in [-0.1, -0.05) is 12.1 Å². The topological polar surface area (TPSA) is 29.5 Å². The molecule has 0 spiro atoms. The van der Waals surface area contributed by atoms with Crippen LogP contribution in [0, 0.1) is 5.92 Å². The van der Waals surface area contributed by atoms with E-state index in [0.717, 1.165) is 25.0 Å². The summed E-state index contributed by atoms with van der Waals surface area (Å²) in [4.78, 5) is 0. The number of rotatable bonds is 2. The van der Waals surface area contributed by atoms with Crippen molar-refractivity contribution in [2.45, 2.75) is 19.3 Å². The van der Waals surface area contributed by atoms with Gasteiger partial charge in [-0.2, -0.15) is 0 Å². The molecule has 0 unspecified atom stereocenters. The third-order valence-electron chi connectivity index (χ3n) is 3.02. The fourth-order valence-corrected chi connectivity index (χ4v) is 2.19. The van der Waals surface area contributed by atoms with E-state index in [2.05, 4.69) is 6.07 Å². The summed E-state index contributed by atoms with van der Waals surface area (Å²) >= 11 is 0. The van der Waals surface area contributed by atoms with Crippen LogP contribution in [-0.4, -0.2) is 18.8 Å². The maximum atomic E-state index is 9.11. The van der Waals surface area contributed by atoms with Gasteiger partial charge in [-0.25, -0.2) is 0 Å². The van der Waals surface area contributed by atoms with Crippen LogP contribution in [0.3, 0.4) is 0 Å². The Labute approximate surface area is 84.5 Å². The zero-order chi connectivity index (χ0) is 9.97. The number of benzene rings is 1. The van der Waals surface area contributed by atoms with Crippen molar-refractivity contribution in [3.8, 4) is 5.75 Å². The first-order valence-corrected chi connectivity index (χ1v) is 5.10. The molecule has 76 valence electrons. The molecule has 2 heteroatoms. The fraction of sp³-hybridized carbons (Fsp3) is 0.500. The summed E-state index contributed by atoms with van der Waals surface area (Å²) in [6.07, 6.45) is 3.09. The third-order valence-corrected chi connectivity index (χ3v) is 3.02. The number of aliphatic hydroxyl groups excluding tert-OH is 1. The molecule has 0 radical (unpaired) electrons. The average molecular weight is 192 g/mol. The zero-order valence-corrected chi connectivity index (χ0v) is 8.49. The summed E-state index contributed by atoms with van der Waals surface area (Å²) in [5, 5.41) is 9.11. The van der Waals surface area contributed by atoms with Crippen LogP contribution in [0.25, 0.3) is 0 Å². The monoisotopic (exact) mass is 192 g/mol. The Morgan fingerprint density at radius 2 is 2.36 bits per heavy atom. The molecule has 1 aromatic rings. The molecular weight excluding hydrogens is 176 g/mol. The van der Waals surface area contributed by atoms with Gasteiger partial charge in [-0.3, -0.25) is 0 Å². The van der Waals surface area contributed by atoms with Crippen LogP contribution < -0.4 is 4.74 Å². The van der Waals surface area contributed by atoms with Crippen LogP contribution >= 0.6 is 0 Å². The largest absolute Gasteiger partial charge is 0.496 e. The van der Waals surface area contributed by atoms with Gasteiger partial charge in [0.25, 0.3) is 0 Å². The second-order valence-corrected chi connectivity index (χ2v) is 3.89. The minimum atomic E-state index is 0.302. The highest BCUT2D eigenvalue weighted by Crippen LogP contribution is 2.31. The molecule has 0 saturated carbocycles. The van der Waals surface area contributed by atoms with Gasteiger partial charge in [-0.05, 0) is 42.4 Å². The minimum Gasteiger partial charge on any atom is -0.496 e. The molecule has 0 saturated heterocycles. The summed E-state index contributed by atoms with van der Waals surface area (Å²) in [5.74, 6) is 1.44. The highest BCUT2D eigenvalue weighted by Gasteiger charge is 2.20. The van der Waals surface area contributed by atoms with E-state index in [1.165, 1.54) is 11.1 Å². The van der Waals surface area contributed by atoms with Crippen molar-refractivity contribution < 1.29 is 9.84 Å². The number of hydrogen-bond donors (Lipinski definition) is 1. The predicted octanol–water partition coefficient (Wildman–Crippen LogP) is 1.79. The summed E-state index contributed by atoms with van der Waals surface area (Å²) in [6, 6.07) is 6.18. The number of fused-ring (bicyclic) bond motifs is 1. The zero-order valence-electron chi connectivity index (χ0n) is 8.49. The predicted molar refractivity (Wildman–Crippen MR) is 55.6 cm³/mol. The lowest BCUT2D eigenvalue weighted by atomic mass is 9.84. The number of hydrogen-bond acceptors (Lipinski definition) is 2. The molecule has 0 fully saturated rings. The highest BCUT2D eigenvalue weighted by molar-refractivity contribution is 5.41. The van der Waals surface area contributed by atoms with Crippen LogP contribution in [0.2, 0.25) is 0 Å². The van der Waals surface area contributed by atoms with Crippen LogP contribution in [0.1, 0.15) is 17.5 Å². The van der Waals surface area contributed by atoms with Crippen molar-refractivity contribution in [2.24, 2.45) is 5.92 Å². The molecule has 0 bridgehead atoms. The van der Waals surface area contributed by atoms with Gasteiger partial charge in [0, 0.05) is 6.61 Å². The lowest BCUT2D eigenvalue weighted by Crippen LogP contribution is -2.17. The van der Waals surface area contributed by atoms with E-state index < -0.39 is 0 Å². The molecule has 2 nitrogen and oxygen atoms in total. The van der Waals surface area contributed by atoms with Gasteiger partial charge in [0.1, 0.15) is 5.75 Å². The quantitative estimate of drug-likeness (QED) is 0.774. The number of ether oxygens (including phenoxy) is 1. The first-order chi connectivity index (χ1) is 6.85. The lowest BCUT2D eigenvalue weighted by Gasteiger charge is -2.24. The number of methoxy groups -OCH3 is 1. The second kappa shape index (κ2) is 4.01. The Morgan fingerprint density at radius 1 is 1.50 bits per heavy atom. The third kappa shape index (κ3) is 1.62. The summed E-state index contributed by atoms with van der Waals surface area (Å²) < 4.78 is 5.32. The van der Waals surface area contributed by atoms with Crippen molar-refractivity contribution in [3.63, 3.8) is 0 Å². The van der Waals surface area contributed by atoms with Crippen molar-refractivity contribution in [2.75, 3.05) is 13.7 Å². The van der Waals surface area contributed by atoms with Crippen molar-refractivity contribution >= 4 is 0 Å². The molecule has 14 heavy (non-hydrogen) atoms. The molecule has 1 N–H and O–H groups in total. The Hall–Kier alpha value is -1.02. The second-order valence-electron chi connectivity index (χ2n) is 3.89. The smallest absolute Gasteiger partial charge is 0.122 e. The minimum absolute atomic E-state index is 0.302. The van der Waals surface area contributed by atoms with Gasteiger partial charge in [0.05, 0.1) is 7.11 Å². The molecule has 0 amide bonds. The van der Waals surface area contributed by atoms with Crippen LogP contribution in [-0.2, 0) is 12.8 Å². The van der Waals surface area contributed by atoms with E-state index in [0.29, 0.717) is 12.5 Å². The van der Waals surface area contributed by atoms with E-state index in [-0.39, 0.29) is 0 Å². The molecule has 2 rings (SSSR count). The normalized spacial score (nSPS) is 20.3. The molecule has 1 aromatic carbocycles. The summed E-state index contributed by atoms with van der Waals surface area (Å²) in [7, 11) is 1.72. The van der Waals surface area contributed by atoms with Gasteiger partial charge in [-0.15, -0.1) is 0 Å². The Kier molecular flexibility index (Phi) is 2.73.